The molecule has 5 atom stereocenters. The lowest BCUT2D eigenvalue weighted by Gasteiger charge is -2.42. The molecule has 2 aliphatic rings. The second kappa shape index (κ2) is 8.74. The van der Waals surface area contributed by atoms with E-state index in [0.29, 0.717) is 0 Å². The lowest BCUT2D eigenvalue weighted by molar-refractivity contribution is 0.0840. The summed E-state index contributed by atoms with van der Waals surface area (Å²) in [6.07, 6.45) is 15.0. The predicted molar refractivity (Wildman–Crippen MR) is 99.0 cm³/mol. The summed E-state index contributed by atoms with van der Waals surface area (Å²) in [5, 5.41) is 0. The lowest BCUT2D eigenvalue weighted by atomic mass is 9.63. The Morgan fingerprint density at radius 1 is 0.818 bits per heavy atom. The van der Waals surface area contributed by atoms with Crippen LogP contribution < -0.4 is 0 Å². The van der Waals surface area contributed by atoms with Crippen LogP contribution in [0, 0.1) is 41.4 Å². The van der Waals surface area contributed by atoms with Gasteiger partial charge in [-0.05, 0) is 73.5 Å². The highest BCUT2D eigenvalue weighted by atomic mass is 14.4. The van der Waals surface area contributed by atoms with Crippen LogP contribution in [0.1, 0.15) is 98.8 Å². The molecule has 0 spiro atoms. The van der Waals surface area contributed by atoms with Crippen LogP contribution in [0.3, 0.4) is 0 Å². The fraction of sp³-hybridized carbons (Fsp3) is 1.00. The minimum Gasteiger partial charge on any atom is -0.0651 e. The predicted octanol–water partition coefficient (Wildman–Crippen LogP) is 7.33. The van der Waals surface area contributed by atoms with E-state index < -0.39 is 0 Å². The summed E-state index contributed by atoms with van der Waals surface area (Å²) < 4.78 is 0. The Bertz CT molecular complexity index is 299. The van der Waals surface area contributed by atoms with Crippen LogP contribution in [0.5, 0.6) is 0 Å². The summed E-state index contributed by atoms with van der Waals surface area (Å²) in [5.41, 5.74) is 0. The Balaban J connectivity index is 1.77. The molecule has 0 heteroatoms. The molecule has 22 heavy (non-hydrogen) atoms. The number of hydrogen-bond donors (Lipinski definition) is 0. The van der Waals surface area contributed by atoms with Gasteiger partial charge in [0.15, 0.2) is 0 Å². The average Bonchev–Trinajstić information content (AvgIpc) is 2.52. The zero-order valence-corrected chi connectivity index (χ0v) is 16.1. The molecule has 2 saturated carbocycles. The number of rotatable bonds is 6. The SMILES string of the molecule is CCC(C)CCC(C)C1CCC(C2CCC(C)CC2)CC1C. The molecule has 0 bridgehead atoms. The van der Waals surface area contributed by atoms with Gasteiger partial charge in [0.05, 0.1) is 0 Å². The first-order chi connectivity index (χ1) is 10.5. The van der Waals surface area contributed by atoms with Crippen molar-refractivity contribution in [1.29, 1.82) is 0 Å². The summed E-state index contributed by atoms with van der Waals surface area (Å²) in [5.74, 6) is 7.03. The first kappa shape index (κ1) is 18.3. The first-order valence-corrected chi connectivity index (χ1v) is 10.5. The van der Waals surface area contributed by atoms with E-state index in [2.05, 4.69) is 34.6 Å². The minimum absolute atomic E-state index is 0.929. The molecular weight excluding hydrogens is 264 g/mol. The maximum atomic E-state index is 2.57. The van der Waals surface area contributed by atoms with Gasteiger partial charge in [0.25, 0.3) is 0 Å². The van der Waals surface area contributed by atoms with Crippen molar-refractivity contribution in [2.45, 2.75) is 98.8 Å². The molecule has 5 unspecified atom stereocenters. The second-order valence-corrected chi connectivity index (χ2v) is 9.30. The molecule has 2 aliphatic carbocycles. The Morgan fingerprint density at radius 3 is 2.05 bits per heavy atom. The van der Waals surface area contributed by atoms with E-state index in [0.717, 1.165) is 41.4 Å². The van der Waals surface area contributed by atoms with Crippen molar-refractivity contribution < 1.29 is 0 Å². The van der Waals surface area contributed by atoms with Crippen molar-refractivity contribution in [2.24, 2.45) is 41.4 Å². The van der Waals surface area contributed by atoms with Crippen LogP contribution in [-0.4, -0.2) is 0 Å². The maximum Gasteiger partial charge on any atom is -0.0362 e. The minimum atomic E-state index is 0.929. The van der Waals surface area contributed by atoms with Crippen molar-refractivity contribution in [3.63, 3.8) is 0 Å². The third kappa shape index (κ3) is 5.00. The molecule has 2 rings (SSSR count). The fourth-order valence-electron chi connectivity index (χ4n) is 5.46. The summed E-state index contributed by atoms with van der Waals surface area (Å²) in [6.45, 7) is 12.3. The Hall–Kier alpha value is 0. The van der Waals surface area contributed by atoms with Crippen LogP contribution in [0.2, 0.25) is 0 Å². The van der Waals surface area contributed by atoms with Gasteiger partial charge < -0.3 is 0 Å². The van der Waals surface area contributed by atoms with E-state index in [9.17, 15) is 0 Å². The molecule has 0 aliphatic heterocycles. The Morgan fingerprint density at radius 2 is 1.45 bits per heavy atom. The van der Waals surface area contributed by atoms with Gasteiger partial charge in [-0.15, -0.1) is 0 Å². The van der Waals surface area contributed by atoms with Gasteiger partial charge in [0.1, 0.15) is 0 Å². The van der Waals surface area contributed by atoms with Crippen LogP contribution in [-0.2, 0) is 0 Å². The second-order valence-electron chi connectivity index (χ2n) is 9.30. The lowest BCUT2D eigenvalue weighted by Crippen LogP contribution is -2.32. The largest absolute Gasteiger partial charge is 0.0651 e. The first-order valence-electron chi connectivity index (χ1n) is 10.5. The number of hydrogen-bond acceptors (Lipinski definition) is 0. The van der Waals surface area contributed by atoms with Crippen molar-refractivity contribution in [3.8, 4) is 0 Å². The van der Waals surface area contributed by atoms with Crippen LogP contribution in [0.4, 0.5) is 0 Å². The van der Waals surface area contributed by atoms with Gasteiger partial charge in [-0.3, -0.25) is 0 Å². The van der Waals surface area contributed by atoms with E-state index >= 15 is 0 Å². The topological polar surface area (TPSA) is 0 Å². The average molecular weight is 307 g/mol. The summed E-state index contributed by atoms with van der Waals surface area (Å²) >= 11 is 0. The van der Waals surface area contributed by atoms with E-state index in [1.807, 2.05) is 0 Å². The molecule has 0 amide bonds. The third-order valence-electron chi connectivity index (χ3n) is 7.55. The summed E-state index contributed by atoms with van der Waals surface area (Å²) in [4.78, 5) is 0. The quantitative estimate of drug-likeness (QED) is 0.482. The summed E-state index contributed by atoms with van der Waals surface area (Å²) in [7, 11) is 0. The molecule has 130 valence electrons. The Labute approximate surface area is 140 Å². The van der Waals surface area contributed by atoms with Gasteiger partial charge in [0, 0.05) is 0 Å². The maximum absolute atomic E-state index is 2.57. The smallest absolute Gasteiger partial charge is 0.0362 e. The van der Waals surface area contributed by atoms with Crippen molar-refractivity contribution in [3.05, 3.63) is 0 Å². The molecule has 0 aromatic carbocycles. The van der Waals surface area contributed by atoms with Crippen molar-refractivity contribution in [2.75, 3.05) is 0 Å². The molecule has 0 nitrogen and oxygen atoms in total. The standard InChI is InChI=1S/C22H42/c1-6-16(2)7-10-18(4)22-14-13-21(15-19(22)5)20-11-8-17(3)9-12-20/h16-22H,6-15H2,1-5H3. The molecule has 0 saturated heterocycles. The molecule has 0 aromatic heterocycles. The van der Waals surface area contributed by atoms with Gasteiger partial charge >= 0.3 is 0 Å². The van der Waals surface area contributed by atoms with Crippen LogP contribution >= 0.6 is 0 Å². The van der Waals surface area contributed by atoms with Gasteiger partial charge in [-0.2, -0.15) is 0 Å². The van der Waals surface area contributed by atoms with E-state index in [-0.39, 0.29) is 0 Å². The van der Waals surface area contributed by atoms with Gasteiger partial charge in [-0.25, -0.2) is 0 Å². The van der Waals surface area contributed by atoms with Gasteiger partial charge in [0.2, 0.25) is 0 Å². The molecular formula is C22H42. The van der Waals surface area contributed by atoms with E-state index in [4.69, 9.17) is 0 Å². The van der Waals surface area contributed by atoms with Crippen LogP contribution in [0.25, 0.3) is 0 Å². The van der Waals surface area contributed by atoms with Gasteiger partial charge in [-0.1, -0.05) is 66.7 Å². The van der Waals surface area contributed by atoms with Crippen molar-refractivity contribution >= 4 is 0 Å². The fourth-order valence-corrected chi connectivity index (χ4v) is 5.46. The molecule has 0 radical (unpaired) electrons. The zero-order chi connectivity index (χ0) is 16.1. The zero-order valence-electron chi connectivity index (χ0n) is 16.1. The van der Waals surface area contributed by atoms with E-state index in [1.54, 1.807) is 6.42 Å². The molecule has 0 N–H and O–H groups in total. The third-order valence-corrected chi connectivity index (χ3v) is 7.55. The molecule has 2 fully saturated rings. The Kier molecular flexibility index (Phi) is 7.29. The highest BCUT2D eigenvalue weighted by Gasteiger charge is 2.35. The monoisotopic (exact) mass is 306 g/mol. The molecule has 0 aromatic rings. The van der Waals surface area contributed by atoms with Crippen molar-refractivity contribution in [1.82, 2.24) is 0 Å². The van der Waals surface area contributed by atoms with E-state index in [1.165, 1.54) is 57.8 Å². The summed E-state index contributed by atoms with van der Waals surface area (Å²) in [6, 6.07) is 0. The molecule has 0 heterocycles. The van der Waals surface area contributed by atoms with Crippen LogP contribution in [0.15, 0.2) is 0 Å². The normalized spacial score (nSPS) is 39.4. The highest BCUT2D eigenvalue weighted by Crippen LogP contribution is 2.45. The highest BCUT2D eigenvalue weighted by molar-refractivity contribution is 4.85.